The molecule has 2 aliphatic heterocycles. The normalized spacial score (nSPS) is 28.1. The lowest BCUT2D eigenvalue weighted by atomic mass is 9.84. The van der Waals surface area contributed by atoms with Gasteiger partial charge in [0.2, 0.25) is 17.7 Å². The van der Waals surface area contributed by atoms with Crippen LogP contribution >= 0.6 is 0 Å². The van der Waals surface area contributed by atoms with Crippen molar-refractivity contribution in [3.05, 3.63) is 0 Å². The molecule has 2 heterocycles. The average molecular weight is 486 g/mol. The fourth-order valence-electron chi connectivity index (χ4n) is 5.21. The van der Waals surface area contributed by atoms with E-state index in [1.54, 1.807) is 0 Å². The molecule has 2 saturated heterocycles. The first-order valence-corrected chi connectivity index (χ1v) is 11.4. The van der Waals surface area contributed by atoms with Crippen LogP contribution in [0.2, 0.25) is 0 Å². The van der Waals surface area contributed by atoms with Crippen molar-refractivity contribution in [2.45, 2.75) is 83.2 Å². The van der Waals surface area contributed by atoms with Crippen LogP contribution in [0, 0.1) is 28.6 Å². The maximum absolute atomic E-state index is 13.5. The predicted octanol–water partition coefficient (Wildman–Crippen LogP) is 0.994. The predicted molar refractivity (Wildman–Crippen MR) is 112 cm³/mol. The Morgan fingerprint density at radius 1 is 1.18 bits per heavy atom. The number of hydrogen-bond donors (Lipinski definition) is 3. The molecule has 1 aliphatic carbocycles. The Bertz CT molecular complexity index is 894. The summed E-state index contributed by atoms with van der Waals surface area (Å²) in [5, 5.41) is 16.6. The van der Waals surface area contributed by atoms with Gasteiger partial charge in [-0.15, -0.1) is 0 Å². The van der Waals surface area contributed by atoms with Crippen LogP contribution in [0.4, 0.5) is 13.2 Å². The van der Waals surface area contributed by atoms with Crippen LogP contribution in [-0.4, -0.2) is 65.4 Å². The number of rotatable bonds is 6. The molecule has 0 aromatic rings. The van der Waals surface area contributed by atoms with E-state index in [0.717, 1.165) is 0 Å². The molecule has 0 aromatic heterocycles. The second-order valence-corrected chi connectivity index (χ2v) is 10.4. The monoisotopic (exact) mass is 485 g/mol. The van der Waals surface area contributed by atoms with E-state index >= 15 is 0 Å². The summed E-state index contributed by atoms with van der Waals surface area (Å²) in [6.45, 7) is 5.11. The van der Waals surface area contributed by atoms with Gasteiger partial charge in [0, 0.05) is 18.5 Å². The third-order valence-electron chi connectivity index (χ3n) is 6.91. The van der Waals surface area contributed by atoms with E-state index in [0.29, 0.717) is 32.2 Å². The maximum Gasteiger partial charge on any atom is 0.471 e. The minimum absolute atomic E-state index is 0.134. The van der Waals surface area contributed by atoms with Crippen molar-refractivity contribution < 1.29 is 32.3 Å². The second kappa shape index (κ2) is 9.43. The number of alkyl halides is 3. The van der Waals surface area contributed by atoms with Crippen molar-refractivity contribution in [1.82, 2.24) is 20.9 Å². The first-order chi connectivity index (χ1) is 15.7. The van der Waals surface area contributed by atoms with E-state index in [9.17, 15) is 37.6 Å². The Morgan fingerprint density at radius 2 is 1.85 bits per heavy atom. The van der Waals surface area contributed by atoms with Gasteiger partial charge in [-0.3, -0.25) is 19.2 Å². The van der Waals surface area contributed by atoms with Crippen LogP contribution in [0.15, 0.2) is 0 Å². The summed E-state index contributed by atoms with van der Waals surface area (Å²) in [5.41, 5.74) is -1.05. The maximum atomic E-state index is 13.5. The molecular formula is C22H30F3N5O4. The number of nitrogens with one attached hydrogen (secondary N) is 3. The quantitative estimate of drug-likeness (QED) is 0.517. The van der Waals surface area contributed by atoms with Gasteiger partial charge in [-0.05, 0) is 43.4 Å². The zero-order chi connectivity index (χ0) is 25.4. The van der Waals surface area contributed by atoms with E-state index in [2.05, 4.69) is 10.6 Å². The van der Waals surface area contributed by atoms with Gasteiger partial charge in [0.05, 0.1) is 6.07 Å². The van der Waals surface area contributed by atoms with E-state index < -0.39 is 53.4 Å². The topological polar surface area (TPSA) is 131 Å². The molecule has 188 valence electrons. The molecule has 6 atom stereocenters. The smallest absolute Gasteiger partial charge is 0.356 e. The van der Waals surface area contributed by atoms with Crippen LogP contribution in [0.25, 0.3) is 0 Å². The highest BCUT2D eigenvalue weighted by atomic mass is 19.4. The van der Waals surface area contributed by atoms with Crippen molar-refractivity contribution >= 4 is 23.6 Å². The van der Waals surface area contributed by atoms with Gasteiger partial charge in [0.15, 0.2) is 0 Å². The van der Waals surface area contributed by atoms with Crippen molar-refractivity contribution in [3.63, 3.8) is 0 Å². The molecule has 0 unspecified atom stereocenters. The fourth-order valence-corrected chi connectivity index (χ4v) is 5.21. The molecule has 0 spiro atoms. The zero-order valence-corrected chi connectivity index (χ0v) is 19.4. The average Bonchev–Trinajstić information content (AvgIpc) is 3.45. The molecule has 1 saturated carbocycles. The lowest BCUT2D eigenvalue weighted by Gasteiger charge is -2.40. The number of fused-ring (bicyclic) bond motifs is 2. The minimum atomic E-state index is -5.16. The number of amides is 4. The molecule has 2 bridgehead atoms. The number of nitrogens with zero attached hydrogens (tertiary/aromatic N) is 2. The van der Waals surface area contributed by atoms with Gasteiger partial charge in [-0.1, -0.05) is 20.8 Å². The summed E-state index contributed by atoms with van der Waals surface area (Å²) in [4.78, 5) is 51.5. The Balaban J connectivity index is 1.78. The molecule has 4 amide bonds. The number of carbonyl (C=O) groups is 4. The van der Waals surface area contributed by atoms with Crippen LogP contribution in [0.3, 0.4) is 0 Å². The molecule has 3 N–H and O–H groups in total. The number of hydrogen-bond acceptors (Lipinski definition) is 5. The number of likely N-dealkylation sites (tertiary alicyclic amines) is 1. The number of nitriles is 1. The van der Waals surface area contributed by atoms with Crippen LogP contribution in [0.5, 0.6) is 0 Å². The summed E-state index contributed by atoms with van der Waals surface area (Å²) in [6.07, 6.45) is -2.67. The molecule has 3 fully saturated rings. The van der Waals surface area contributed by atoms with Crippen LogP contribution in [-0.2, 0) is 19.2 Å². The van der Waals surface area contributed by atoms with E-state index in [1.807, 2.05) is 11.4 Å². The third kappa shape index (κ3) is 5.28. The van der Waals surface area contributed by atoms with Crippen molar-refractivity contribution in [1.29, 1.82) is 5.26 Å². The molecule has 9 nitrogen and oxygen atoms in total. The molecule has 34 heavy (non-hydrogen) atoms. The van der Waals surface area contributed by atoms with Crippen LogP contribution in [0.1, 0.15) is 52.9 Å². The van der Waals surface area contributed by atoms with Gasteiger partial charge in [-0.2, -0.15) is 18.4 Å². The second-order valence-electron chi connectivity index (χ2n) is 10.4. The Kier molecular flexibility index (Phi) is 7.15. The highest BCUT2D eigenvalue weighted by Crippen LogP contribution is 2.43. The molecule has 0 aromatic carbocycles. The number of carbonyl (C=O) groups excluding carboxylic acids is 4. The van der Waals surface area contributed by atoms with E-state index in [1.165, 1.54) is 25.7 Å². The summed E-state index contributed by atoms with van der Waals surface area (Å²) in [6, 6.07) is -1.74. The summed E-state index contributed by atoms with van der Waals surface area (Å²) in [7, 11) is 0. The minimum Gasteiger partial charge on any atom is -0.356 e. The Labute approximate surface area is 195 Å². The first kappa shape index (κ1) is 25.8. The van der Waals surface area contributed by atoms with Gasteiger partial charge in [0.25, 0.3) is 0 Å². The highest BCUT2D eigenvalue weighted by Gasteiger charge is 2.54. The standard InChI is InChI=1S/C22H30F3N5O4/c1-21(2,3)16(29-20(34)22(23,24)25)19(33)30-14-5-4-11(9-14)15(30)18(32)28-13(10-26)8-12-6-7-27-17(12)31/h11-16H,4-9H2,1-3H3,(H,27,31)(H,28,32)(H,29,34)/t11-,12-,13-,14+,15-,16+/m0/s1. The molecule has 3 aliphatic rings. The van der Waals surface area contributed by atoms with Crippen molar-refractivity contribution in [3.8, 4) is 6.07 Å². The lowest BCUT2D eigenvalue weighted by Crippen LogP contribution is -2.62. The summed E-state index contributed by atoms with van der Waals surface area (Å²) < 4.78 is 38.7. The Morgan fingerprint density at radius 3 is 2.38 bits per heavy atom. The first-order valence-electron chi connectivity index (χ1n) is 11.4. The van der Waals surface area contributed by atoms with Gasteiger partial charge >= 0.3 is 12.1 Å². The third-order valence-corrected chi connectivity index (χ3v) is 6.91. The van der Waals surface area contributed by atoms with E-state index in [4.69, 9.17) is 0 Å². The largest absolute Gasteiger partial charge is 0.471 e. The van der Waals surface area contributed by atoms with E-state index in [-0.39, 0.29) is 24.3 Å². The lowest BCUT2D eigenvalue weighted by molar-refractivity contribution is -0.176. The van der Waals surface area contributed by atoms with Gasteiger partial charge in [-0.25, -0.2) is 0 Å². The fraction of sp³-hybridized carbons (Fsp3) is 0.773. The van der Waals surface area contributed by atoms with Crippen molar-refractivity contribution in [2.24, 2.45) is 17.3 Å². The summed E-state index contributed by atoms with van der Waals surface area (Å²) in [5.74, 6) is -4.31. The zero-order valence-electron chi connectivity index (χ0n) is 19.4. The molecule has 3 rings (SSSR count). The molecule has 12 heteroatoms. The van der Waals surface area contributed by atoms with Crippen molar-refractivity contribution in [2.75, 3.05) is 6.54 Å². The number of halogens is 3. The van der Waals surface area contributed by atoms with Gasteiger partial charge in [0.1, 0.15) is 18.1 Å². The number of piperidine rings is 1. The van der Waals surface area contributed by atoms with Gasteiger partial charge < -0.3 is 20.9 Å². The Hall–Kier alpha value is -2.84. The SMILES string of the molecule is CC(C)(C)[C@H](NC(=O)C(F)(F)F)C(=O)N1[C@@H]2CC[C@@H](C2)[C@H]1C(=O)N[C@H](C#N)C[C@@H]1CCNC1=O. The molecular weight excluding hydrogens is 455 g/mol. The highest BCUT2D eigenvalue weighted by molar-refractivity contribution is 5.94. The molecule has 0 radical (unpaired) electrons. The summed E-state index contributed by atoms with van der Waals surface area (Å²) >= 11 is 0. The van der Waals surface area contributed by atoms with Crippen LogP contribution < -0.4 is 16.0 Å².